The van der Waals surface area contributed by atoms with Crippen LogP contribution in [0.3, 0.4) is 0 Å². The zero-order chi connectivity index (χ0) is 22.5. The van der Waals surface area contributed by atoms with E-state index >= 15 is 0 Å². The zero-order valence-corrected chi connectivity index (χ0v) is 18.3. The average molecular weight is 447 g/mol. The molecule has 0 fully saturated rings. The van der Waals surface area contributed by atoms with Gasteiger partial charge in [-0.1, -0.05) is 43.6 Å². The molecule has 8 heteroatoms. The summed E-state index contributed by atoms with van der Waals surface area (Å²) in [5.41, 5.74) is 1.73. The second kappa shape index (κ2) is 9.83. The summed E-state index contributed by atoms with van der Waals surface area (Å²) in [4.78, 5) is 24.6. The van der Waals surface area contributed by atoms with Gasteiger partial charge in [-0.05, 0) is 42.7 Å². The topological polar surface area (TPSA) is 76.7 Å². The third kappa shape index (κ3) is 5.55. The number of nitrogens with one attached hydrogen (secondary N) is 2. The van der Waals surface area contributed by atoms with Crippen molar-refractivity contribution in [3.63, 3.8) is 0 Å². The lowest BCUT2D eigenvalue weighted by Gasteiger charge is -2.28. The SMILES string of the molecule is CC1=C(C(=O)OCC(C)C)C(c2ccc(OCc3c(F)cccc3Cl)cc2)NC(=O)N1. The number of hydrogen-bond acceptors (Lipinski definition) is 4. The Kier molecular flexibility index (Phi) is 7.17. The molecule has 0 saturated heterocycles. The summed E-state index contributed by atoms with van der Waals surface area (Å²) >= 11 is 6.03. The summed E-state index contributed by atoms with van der Waals surface area (Å²) in [6.45, 7) is 5.80. The van der Waals surface area contributed by atoms with Crippen LogP contribution in [0.2, 0.25) is 5.02 Å². The van der Waals surface area contributed by atoms with Crippen LogP contribution in [0.5, 0.6) is 5.75 Å². The minimum Gasteiger partial charge on any atom is -0.489 e. The van der Waals surface area contributed by atoms with Crippen LogP contribution in [0.25, 0.3) is 0 Å². The van der Waals surface area contributed by atoms with Crippen molar-refractivity contribution in [2.24, 2.45) is 5.92 Å². The molecule has 2 amide bonds. The number of urea groups is 1. The Balaban J connectivity index is 1.77. The van der Waals surface area contributed by atoms with Crippen molar-refractivity contribution in [2.75, 3.05) is 6.61 Å². The normalized spacial score (nSPS) is 16.1. The third-order valence-electron chi connectivity index (χ3n) is 4.70. The summed E-state index contributed by atoms with van der Waals surface area (Å²) in [6.07, 6.45) is 0. The number of carbonyl (C=O) groups excluding carboxylic acids is 2. The number of amides is 2. The summed E-state index contributed by atoms with van der Waals surface area (Å²) in [7, 11) is 0. The molecule has 0 bridgehead atoms. The van der Waals surface area contributed by atoms with E-state index in [1.807, 2.05) is 13.8 Å². The molecule has 1 unspecified atom stereocenters. The van der Waals surface area contributed by atoms with Gasteiger partial charge in [0, 0.05) is 11.3 Å². The summed E-state index contributed by atoms with van der Waals surface area (Å²) < 4.78 is 24.9. The lowest BCUT2D eigenvalue weighted by Crippen LogP contribution is -2.45. The van der Waals surface area contributed by atoms with Crippen LogP contribution in [-0.4, -0.2) is 18.6 Å². The predicted molar refractivity (Wildman–Crippen MR) is 115 cm³/mol. The lowest BCUT2D eigenvalue weighted by molar-refractivity contribution is -0.140. The number of hydrogen-bond donors (Lipinski definition) is 2. The number of halogens is 2. The molecule has 164 valence electrons. The number of carbonyl (C=O) groups is 2. The van der Waals surface area contributed by atoms with Gasteiger partial charge in [0.25, 0.3) is 0 Å². The van der Waals surface area contributed by atoms with Gasteiger partial charge in [-0.25, -0.2) is 14.0 Å². The van der Waals surface area contributed by atoms with E-state index in [1.165, 1.54) is 12.1 Å². The molecule has 2 aromatic carbocycles. The van der Waals surface area contributed by atoms with Crippen LogP contribution in [0.4, 0.5) is 9.18 Å². The smallest absolute Gasteiger partial charge is 0.338 e. The van der Waals surface area contributed by atoms with Gasteiger partial charge >= 0.3 is 12.0 Å². The van der Waals surface area contributed by atoms with Crippen LogP contribution in [0, 0.1) is 11.7 Å². The first-order valence-electron chi connectivity index (χ1n) is 9.87. The minimum atomic E-state index is -0.663. The van der Waals surface area contributed by atoms with Crippen molar-refractivity contribution >= 4 is 23.6 Å². The molecule has 0 spiro atoms. The maximum Gasteiger partial charge on any atom is 0.338 e. The van der Waals surface area contributed by atoms with E-state index in [0.717, 1.165) is 0 Å². The fraction of sp³-hybridized carbons (Fsp3) is 0.304. The highest BCUT2D eigenvalue weighted by molar-refractivity contribution is 6.31. The van der Waals surface area contributed by atoms with E-state index < -0.39 is 23.9 Å². The summed E-state index contributed by atoms with van der Waals surface area (Å²) in [6, 6.07) is 10.2. The number of allylic oxidation sites excluding steroid dienone is 1. The molecule has 0 aliphatic carbocycles. The molecule has 2 N–H and O–H groups in total. The van der Waals surface area contributed by atoms with Crippen molar-refractivity contribution in [1.82, 2.24) is 10.6 Å². The van der Waals surface area contributed by atoms with E-state index in [-0.39, 0.29) is 24.7 Å². The molecule has 1 atom stereocenters. The van der Waals surface area contributed by atoms with Crippen molar-refractivity contribution in [3.8, 4) is 5.75 Å². The molecule has 31 heavy (non-hydrogen) atoms. The molecule has 0 aromatic heterocycles. The molecule has 3 rings (SSSR count). The average Bonchev–Trinajstić information content (AvgIpc) is 2.71. The van der Waals surface area contributed by atoms with Gasteiger partial charge in [-0.2, -0.15) is 0 Å². The molecule has 0 saturated carbocycles. The number of ether oxygens (including phenoxy) is 2. The van der Waals surface area contributed by atoms with Gasteiger partial charge < -0.3 is 20.1 Å². The van der Waals surface area contributed by atoms with Crippen molar-refractivity contribution in [2.45, 2.75) is 33.4 Å². The van der Waals surface area contributed by atoms with Gasteiger partial charge in [0.1, 0.15) is 18.2 Å². The van der Waals surface area contributed by atoms with Gasteiger partial charge in [0.05, 0.1) is 23.2 Å². The second-order valence-corrected chi connectivity index (χ2v) is 8.03. The molecule has 0 radical (unpaired) electrons. The van der Waals surface area contributed by atoms with E-state index in [0.29, 0.717) is 27.6 Å². The quantitative estimate of drug-likeness (QED) is 0.594. The number of rotatable bonds is 7. The fourth-order valence-corrected chi connectivity index (χ4v) is 3.33. The van der Waals surface area contributed by atoms with E-state index in [1.54, 1.807) is 37.3 Å². The van der Waals surface area contributed by atoms with Crippen molar-refractivity contribution in [1.29, 1.82) is 0 Å². The van der Waals surface area contributed by atoms with Crippen molar-refractivity contribution < 1.29 is 23.5 Å². The van der Waals surface area contributed by atoms with Gasteiger partial charge in [0.2, 0.25) is 0 Å². The zero-order valence-electron chi connectivity index (χ0n) is 17.5. The van der Waals surface area contributed by atoms with Gasteiger partial charge in [-0.3, -0.25) is 0 Å². The Morgan fingerprint density at radius 1 is 1.19 bits per heavy atom. The lowest BCUT2D eigenvalue weighted by atomic mass is 9.95. The first-order valence-corrected chi connectivity index (χ1v) is 10.2. The maximum absolute atomic E-state index is 13.9. The van der Waals surface area contributed by atoms with Crippen LogP contribution < -0.4 is 15.4 Å². The van der Waals surface area contributed by atoms with Crippen LogP contribution in [-0.2, 0) is 16.1 Å². The summed E-state index contributed by atoms with van der Waals surface area (Å²) in [5, 5.41) is 5.66. The Morgan fingerprint density at radius 3 is 2.55 bits per heavy atom. The molecular weight excluding hydrogens is 423 g/mol. The minimum absolute atomic E-state index is 0.0271. The Labute approximate surface area is 185 Å². The summed E-state index contributed by atoms with van der Waals surface area (Å²) in [5.74, 6) is -0.244. The molecule has 2 aromatic rings. The van der Waals surface area contributed by atoms with E-state index in [4.69, 9.17) is 21.1 Å². The predicted octanol–water partition coefficient (Wildman–Crippen LogP) is 4.89. The Bertz CT molecular complexity index is 985. The monoisotopic (exact) mass is 446 g/mol. The highest BCUT2D eigenvalue weighted by Gasteiger charge is 2.32. The molecule has 1 aliphatic heterocycles. The molecule has 6 nitrogen and oxygen atoms in total. The van der Waals surface area contributed by atoms with Crippen LogP contribution in [0.15, 0.2) is 53.7 Å². The van der Waals surface area contributed by atoms with E-state index in [2.05, 4.69) is 10.6 Å². The first-order chi connectivity index (χ1) is 14.8. The van der Waals surface area contributed by atoms with Gasteiger partial charge in [-0.15, -0.1) is 0 Å². The first kappa shape index (κ1) is 22.6. The van der Waals surface area contributed by atoms with Crippen molar-refractivity contribution in [3.05, 3.63) is 75.7 Å². The Hall–Kier alpha value is -3.06. The maximum atomic E-state index is 13.9. The third-order valence-corrected chi connectivity index (χ3v) is 5.05. The van der Waals surface area contributed by atoms with Crippen LogP contribution in [0.1, 0.15) is 37.9 Å². The number of benzene rings is 2. The Morgan fingerprint density at radius 2 is 1.90 bits per heavy atom. The number of esters is 1. The highest BCUT2D eigenvalue weighted by atomic mass is 35.5. The van der Waals surface area contributed by atoms with E-state index in [9.17, 15) is 14.0 Å². The molecule has 1 aliphatic rings. The fourth-order valence-electron chi connectivity index (χ4n) is 3.12. The standard InChI is InChI=1S/C23H24ClFN2O4/c1-13(2)11-31-22(28)20-14(3)26-23(29)27-21(20)15-7-9-16(10-8-15)30-12-17-18(24)5-4-6-19(17)25/h4-10,13,21H,11-12H2,1-3H3,(H2,26,27,29). The second-order valence-electron chi connectivity index (χ2n) is 7.62. The van der Waals surface area contributed by atoms with Crippen LogP contribution >= 0.6 is 11.6 Å². The molecule has 1 heterocycles. The largest absolute Gasteiger partial charge is 0.489 e. The highest BCUT2D eigenvalue weighted by Crippen LogP contribution is 2.29. The molecular formula is C23H24ClFN2O4. The van der Waals surface area contributed by atoms with Gasteiger partial charge in [0.15, 0.2) is 0 Å².